The van der Waals surface area contributed by atoms with Crippen LogP contribution in [0.2, 0.25) is 0 Å². The van der Waals surface area contributed by atoms with Crippen molar-refractivity contribution in [3.63, 3.8) is 0 Å². The van der Waals surface area contributed by atoms with Crippen molar-refractivity contribution >= 4 is 107 Å². The predicted octanol–water partition coefficient (Wildman–Crippen LogP) is 5.64. The Bertz CT molecular complexity index is 2260. The van der Waals surface area contributed by atoms with Crippen LogP contribution in [0.4, 0.5) is 0 Å². The molecule has 2 atom stereocenters. The third kappa shape index (κ3) is 5.37. The normalized spacial score (nSPS) is 22.4. The van der Waals surface area contributed by atoms with Gasteiger partial charge in [0.1, 0.15) is 9.49 Å². The maximum Gasteiger partial charge on any atom is 0.223 e. The van der Waals surface area contributed by atoms with Crippen molar-refractivity contribution in [2.45, 2.75) is 22.3 Å². The Hall–Kier alpha value is -3.10. The van der Waals surface area contributed by atoms with E-state index >= 15 is 0 Å². The van der Waals surface area contributed by atoms with Crippen molar-refractivity contribution in [3.8, 4) is 11.1 Å². The topological polar surface area (TPSA) is 245 Å². The molecular weight excluding hydrogens is 944 g/mol. The molecule has 10 N–H and O–H groups in total. The zero-order chi connectivity index (χ0) is 36.6. The van der Waals surface area contributed by atoms with E-state index in [-0.39, 0.29) is 46.8 Å². The molecule has 2 aliphatic rings. The summed E-state index contributed by atoms with van der Waals surface area (Å²) >= 11 is 14.5. The van der Waals surface area contributed by atoms with Crippen LogP contribution in [0.25, 0.3) is 11.1 Å². The van der Waals surface area contributed by atoms with Gasteiger partial charge in [-0.15, -0.1) is 0 Å². The zero-order valence-corrected chi connectivity index (χ0v) is 33.5. The molecule has 0 aromatic heterocycles. The number of nitrogens with zero attached hydrogens (tertiary/aromatic N) is 2. The van der Waals surface area contributed by atoms with Crippen molar-refractivity contribution in [1.29, 1.82) is 10.8 Å². The van der Waals surface area contributed by atoms with Gasteiger partial charge in [0.15, 0.2) is 0 Å². The lowest BCUT2D eigenvalue weighted by molar-refractivity contribution is 0.555. The number of fused-ring (bicyclic) bond motifs is 2. The van der Waals surface area contributed by atoms with Gasteiger partial charge in [0.25, 0.3) is 0 Å². The highest BCUT2D eigenvalue weighted by Gasteiger charge is 2.54. The summed E-state index contributed by atoms with van der Waals surface area (Å²) in [5.41, 5.74) is 3.17. The SMILES string of the molecule is N=C1/C(=N\N)CC(c2c(Br)cc(-c3cc(Br)c(C4(S(N)(=O)=O)C/C(=N\N)C(=N)c5ccccc54)c(Br)c3)cc2Br)(S(N)(=O)=O)c2ccccc21. The van der Waals surface area contributed by atoms with Crippen LogP contribution in [0.3, 0.4) is 0 Å². The molecule has 12 nitrogen and oxygen atoms in total. The van der Waals surface area contributed by atoms with Gasteiger partial charge in [0.2, 0.25) is 20.0 Å². The lowest BCUT2D eigenvalue weighted by Gasteiger charge is -2.39. The minimum atomic E-state index is -4.44. The molecule has 4 aromatic rings. The van der Waals surface area contributed by atoms with Gasteiger partial charge in [0.05, 0.1) is 22.8 Å². The summed E-state index contributed by atoms with van der Waals surface area (Å²) in [5.74, 6) is 11.3. The first-order valence-corrected chi connectivity index (χ1v) is 20.7. The van der Waals surface area contributed by atoms with E-state index in [2.05, 4.69) is 73.9 Å². The van der Waals surface area contributed by atoms with Gasteiger partial charge >= 0.3 is 0 Å². The van der Waals surface area contributed by atoms with Crippen LogP contribution in [0, 0.1) is 10.8 Å². The molecule has 0 spiro atoms. The van der Waals surface area contributed by atoms with E-state index in [1.165, 1.54) is 0 Å². The van der Waals surface area contributed by atoms with E-state index in [9.17, 15) is 16.8 Å². The Balaban J connectivity index is 1.58. The summed E-state index contributed by atoms with van der Waals surface area (Å²) in [4.78, 5) is 0. The molecule has 50 heavy (non-hydrogen) atoms. The van der Waals surface area contributed by atoms with Crippen LogP contribution in [-0.2, 0) is 29.5 Å². The molecule has 0 amide bonds. The highest BCUT2D eigenvalue weighted by Crippen LogP contribution is 2.53. The lowest BCUT2D eigenvalue weighted by atomic mass is 9.75. The van der Waals surface area contributed by atoms with Crippen LogP contribution in [0.15, 0.2) is 101 Å². The van der Waals surface area contributed by atoms with Crippen molar-refractivity contribution < 1.29 is 16.8 Å². The first-order chi connectivity index (χ1) is 23.4. The maximum absolute atomic E-state index is 13.7. The van der Waals surface area contributed by atoms with Gasteiger partial charge < -0.3 is 11.7 Å². The largest absolute Gasteiger partial charge is 0.323 e. The Morgan fingerprint density at radius 3 is 1.16 bits per heavy atom. The number of halogens is 4. The minimum absolute atomic E-state index is 0.000537. The van der Waals surface area contributed by atoms with Crippen molar-refractivity contribution in [2.75, 3.05) is 0 Å². The molecule has 0 saturated heterocycles. The molecule has 2 aliphatic carbocycles. The van der Waals surface area contributed by atoms with E-state index in [0.29, 0.717) is 51.3 Å². The summed E-state index contributed by atoms with van der Waals surface area (Å²) in [6.07, 6.45) is -0.577. The highest BCUT2D eigenvalue weighted by atomic mass is 79.9. The number of sulfonamides is 2. The number of nitrogens with two attached hydrogens (primary N) is 4. The van der Waals surface area contributed by atoms with Crippen molar-refractivity contribution in [1.82, 2.24) is 0 Å². The maximum atomic E-state index is 13.7. The molecule has 4 aromatic carbocycles. The third-order valence-electron chi connectivity index (χ3n) is 9.18. The Morgan fingerprint density at radius 1 is 0.580 bits per heavy atom. The van der Waals surface area contributed by atoms with Gasteiger partial charge in [-0.1, -0.05) is 112 Å². The molecule has 0 heterocycles. The standard InChI is InChI=1S/C32H26Br4N8O4S2/c33-21-9-15(10-22(34)27(21)31(49(41,45)46)13-25(43-39)29(37)17-5-1-3-7-19(17)31)16-11-23(35)28(24(36)12-16)32(50(42,47)48)14-26(44-40)30(38)18-6-2-4-8-20(18)32/h1-12,37-38H,13-14,39-40H2,(H2,41,45,46)(H2,42,47,48)/b37-29?,38-30?,43-25-,44-26+. The fourth-order valence-electron chi connectivity index (χ4n) is 6.97. The number of hydrogen-bond donors (Lipinski definition) is 6. The molecule has 0 fully saturated rings. The van der Waals surface area contributed by atoms with Crippen LogP contribution in [0.5, 0.6) is 0 Å². The molecule has 6 rings (SSSR count). The second-order valence-corrected chi connectivity index (χ2v) is 18.7. The number of benzene rings is 4. The van der Waals surface area contributed by atoms with Gasteiger partial charge in [-0.05, 0) is 46.5 Å². The third-order valence-corrected chi connectivity index (χ3v) is 14.8. The minimum Gasteiger partial charge on any atom is -0.323 e. The number of hydrazone groups is 2. The molecule has 0 radical (unpaired) electrons. The summed E-state index contributed by atoms with van der Waals surface area (Å²) in [6, 6.07) is 20.1. The summed E-state index contributed by atoms with van der Waals surface area (Å²) < 4.78 is 52.6. The molecule has 2 unspecified atom stereocenters. The number of rotatable bonds is 5. The van der Waals surface area contributed by atoms with E-state index in [1.54, 1.807) is 72.8 Å². The summed E-state index contributed by atoms with van der Waals surface area (Å²) in [7, 11) is -8.88. The average molecular weight is 970 g/mol. The number of hydrogen-bond acceptors (Lipinski definition) is 10. The van der Waals surface area contributed by atoms with Gasteiger partial charge in [0, 0.05) is 53.0 Å². The first kappa shape index (κ1) is 36.7. The fraction of sp³-hybridized carbons (Fsp3) is 0.125. The molecule has 18 heteroatoms. The summed E-state index contributed by atoms with van der Waals surface area (Å²) in [5, 5.41) is 36.9. The van der Waals surface area contributed by atoms with E-state index in [4.69, 9.17) is 32.8 Å². The molecule has 258 valence electrons. The number of nitrogens with one attached hydrogen (secondary N) is 2. The second kappa shape index (κ2) is 12.8. The Morgan fingerprint density at radius 2 is 0.880 bits per heavy atom. The van der Waals surface area contributed by atoms with Gasteiger partial charge in [-0.2, -0.15) is 10.2 Å². The van der Waals surface area contributed by atoms with E-state index in [1.807, 2.05) is 0 Å². The van der Waals surface area contributed by atoms with E-state index < -0.39 is 29.5 Å². The van der Waals surface area contributed by atoms with Gasteiger partial charge in [-0.3, -0.25) is 10.8 Å². The fourth-order valence-corrected chi connectivity index (χ4v) is 13.9. The summed E-state index contributed by atoms with van der Waals surface area (Å²) in [6.45, 7) is 0. The molecule has 0 saturated carbocycles. The average Bonchev–Trinajstić information content (AvgIpc) is 3.05. The van der Waals surface area contributed by atoms with Crippen molar-refractivity contribution in [2.24, 2.45) is 32.2 Å². The predicted molar refractivity (Wildman–Crippen MR) is 209 cm³/mol. The second-order valence-electron chi connectivity index (χ2n) is 11.7. The lowest BCUT2D eigenvalue weighted by Crippen LogP contribution is -2.49. The monoisotopic (exact) mass is 966 g/mol. The highest BCUT2D eigenvalue weighted by molar-refractivity contribution is 9.11. The van der Waals surface area contributed by atoms with Crippen LogP contribution >= 0.6 is 63.7 Å². The molecule has 0 aliphatic heterocycles. The van der Waals surface area contributed by atoms with E-state index in [0.717, 1.165) is 0 Å². The Labute approximate surface area is 321 Å². The molecule has 0 bridgehead atoms. The smallest absolute Gasteiger partial charge is 0.223 e. The van der Waals surface area contributed by atoms with Crippen LogP contribution < -0.4 is 22.0 Å². The quantitative estimate of drug-likeness (QED) is 0.109. The van der Waals surface area contributed by atoms with Crippen LogP contribution in [-0.4, -0.2) is 39.7 Å². The zero-order valence-electron chi connectivity index (χ0n) is 25.5. The van der Waals surface area contributed by atoms with Gasteiger partial charge in [-0.25, -0.2) is 27.1 Å². The number of primary sulfonamides is 2. The molecular formula is C32H26Br4N8O4S2. The first-order valence-electron chi connectivity index (χ1n) is 14.4. The van der Waals surface area contributed by atoms with Crippen molar-refractivity contribution in [3.05, 3.63) is 124 Å². The van der Waals surface area contributed by atoms with Crippen LogP contribution in [0.1, 0.15) is 46.2 Å². The Kier molecular flexibility index (Phi) is 9.42.